The van der Waals surface area contributed by atoms with Crippen LogP contribution in [-0.2, 0) is 13.5 Å². The van der Waals surface area contributed by atoms with Crippen molar-refractivity contribution in [1.82, 2.24) is 14.9 Å². The quantitative estimate of drug-likeness (QED) is 0.836. The summed E-state index contributed by atoms with van der Waals surface area (Å²) in [5.74, 6) is -0.263. The van der Waals surface area contributed by atoms with Crippen LogP contribution in [0.2, 0.25) is 0 Å². The van der Waals surface area contributed by atoms with E-state index in [1.807, 2.05) is 31.3 Å². The van der Waals surface area contributed by atoms with E-state index >= 15 is 0 Å². The number of nitrogens with one attached hydrogen (secondary N) is 1. The van der Waals surface area contributed by atoms with E-state index in [-0.39, 0.29) is 11.9 Å². The number of nitrogens with zero attached hydrogens (tertiary/aromatic N) is 2. The topological polar surface area (TPSA) is 67.2 Å². The Morgan fingerprint density at radius 3 is 3.00 bits per heavy atom. The molecule has 1 aliphatic rings. The fourth-order valence-electron chi connectivity index (χ4n) is 2.49. The Hall–Kier alpha value is -2.14. The fourth-order valence-corrected chi connectivity index (χ4v) is 2.49. The number of hydrogen-bond donors (Lipinski definition) is 2. The fraction of sp³-hybridized carbons (Fsp3) is 0.286. The number of aliphatic hydroxyl groups excluding tert-OH is 1. The maximum Gasteiger partial charge on any atom is 0.272 e. The van der Waals surface area contributed by atoms with Crippen LogP contribution in [0.1, 0.15) is 27.7 Å². The molecule has 5 nitrogen and oxygen atoms in total. The Labute approximate surface area is 110 Å². The minimum Gasteiger partial charge on any atom is -0.390 e. The number of fused-ring (bicyclic) bond motifs is 1. The molecule has 0 radical (unpaired) electrons. The third-order valence-electron chi connectivity index (χ3n) is 3.43. The largest absolute Gasteiger partial charge is 0.390 e. The Morgan fingerprint density at radius 2 is 2.26 bits per heavy atom. The van der Waals surface area contributed by atoms with Gasteiger partial charge in [-0.25, -0.2) is 4.98 Å². The Bertz CT molecular complexity index is 621. The molecule has 0 saturated heterocycles. The van der Waals surface area contributed by atoms with Crippen molar-refractivity contribution in [2.75, 3.05) is 0 Å². The van der Waals surface area contributed by atoms with Crippen LogP contribution in [0.3, 0.4) is 0 Å². The smallest absolute Gasteiger partial charge is 0.272 e. The van der Waals surface area contributed by atoms with Crippen LogP contribution in [0.5, 0.6) is 0 Å². The summed E-state index contributed by atoms with van der Waals surface area (Å²) in [6.07, 6.45) is 3.23. The summed E-state index contributed by atoms with van der Waals surface area (Å²) in [5.41, 5.74) is 2.43. The molecular weight excluding hydrogens is 242 g/mol. The molecule has 2 atom stereocenters. The van der Waals surface area contributed by atoms with Crippen LogP contribution in [-0.4, -0.2) is 26.7 Å². The van der Waals surface area contributed by atoms with E-state index in [9.17, 15) is 9.90 Å². The zero-order chi connectivity index (χ0) is 13.4. The van der Waals surface area contributed by atoms with Gasteiger partial charge in [0, 0.05) is 19.7 Å². The van der Waals surface area contributed by atoms with Gasteiger partial charge in [-0.3, -0.25) is 4.79 Å². The summed E-state index contributed by atoms with van der Waals surface area (Å²) in [5, 5.41) is 12.9. The first kappa shape index (κ1) is 11.9. The van der Waals surface area contributed by atoms with Crippen LogP contribution < -0.4 is 5.32 Å². The van der Waals surface area contributed by atoms with E-state index in [1.165, 1.54) is 0 Å². The van der Waals surface area contributed by atoms with Gasteiger partial charge in [-0.1, -0.05) is 24.3 Å². The first-order chi connectivity index (χ1) is 9.15. The van der Waals surface area contributed by atoms with Crippen LogP contribution in [0.25, 0.3) is 0 Å². The number of carbonyl (C=O) groups is 1. The van der Waals surface area contributed by atoms with Gasteiger partial charge >= 0.3 is 0 Å². The van der Waals surface area contributed by atoms with Gasteiger partial charge in [0.05, 0.1) is 18.5 Å². The lowest BCUT2D eigenvalue weighted by Gasteiger charge is -2.17. The molecule has 1 aromatic heterocycles. The standard InChI is InChI=1S/C14H15N3O2/c1-17-7-11(15-8-17)14(19)16-13-10-5-3-2-4-9(10)6-12(13)18/h2-5,7-8,12-13,18H,6H2,1H3,(H,16,19). The van der Waals surface area contributed by atoms with Gasteiger partial charge in [0.15, 0.2) is 0 Å². The van der Waals surface area contributed by atoms with Crippen molar-refractivity contribution in [3.05, 3.63) is 53.6 Å². The van der Waals surface area contributed by atoms with Gasteiger partial charge in [0.25, 0.3) is 5.91 Å². The molecule has 2 N–H and O–H groups in total. The number of imidazole rings is 1. The lowest BCUT2D eigenvalue weighted by Crippen LogP contribution is -2.34. The zero-order valence-electron chi connectivity index (χ0n) is 10.6. The molecule has 19 heavy (non-hydrogen) atoms. The highest BCUT2D eigenvalue weighted by Crippen LogP contribution is 2.31. The average Bonchev–Trinajstić information content (AvgIpc) is 2.95. The molecule has 5 heteroatoms. The predicted octanol–water partition coefficient (Wildman–Crippen LogP) is 0.808. The summed E-state index contributed by atoms with van der Waals surface area (Å²) in [6.45, 7) is 0. The predicted molar refractivity (Wildman–Crippen MR) is 69.6 cm³/mol. The van der Waals surface area contributed by atoms with Crippen molar-refractivity contribution in [1.29, 1.82) is 0 Å². The molecule has 2 unspecified atom stereocenters. The van der Waals surface area contributed by atoms with Crippen molar-refractivity contribution in [2.45, 2.75) is 18.6 Å². The van der Waals surface area contributed by atoms with Crippen LogP contribution in [0.4, 0.5) is 0 Å². The van der Waals surface area contributed by atoms with Crippen molar-refractivity contribution in [3.63, 3.8) is 0 Å². The Kier molecular flexibility index (Phi) is 2.83. The molecule has 3 rings (SSSR count). The number of aryl methyl sites for hydroxylation is 1. The van der Waals surface area contributed by atoms with E-state index in [0.717, 1.165) is 11.1 Å². The lowest BCUT2D eigenvalue weighted by molar-refractivity contribution is 0.0854. The molecule has 0 bridgehead atoms. The Balaban J connectivity index is 1.82. The van der Waals surface area contributed by atoms with E-state index in [2.05, 4.69) is 10.3 Å². The van der Waals surface area contributed by atoms with Crippen molar-refractivity contribution in [3.8, 4) is 0 Å². The number of aromatic nitrogens is 2. The van der Waals surface area contributed by atoms with Gasteiger partial charge in [-0.15, -0.1) is 0 Å². The van der Waals surface area contributed by atoms with Gasteiger partial charge in [-0.05, 0) is 11.1 Å². The minimum absolute atomic E-state index is 0.263. The lowest BCUT2D eigenvalue weighted by atomic mass is 10.1. The molecule has 1 amide bonds. The normalized spacial score (nSPS) is 21.2. The van der Waals surface area contributed by atoms with E-state index in [0.29, 0.717) is 12.1 Å². The first-order valence-corrected chi connectivity index (χ1v) is 6.20. The highest BCUT2D eigenvalue weighted by atomic mass is 16.3. The molecule has 1 aromatic carbocycles. The van der Waals surface area contributed by atoms with Crippen molar-refractivity contribution in [2.24, 2.45) is 7.05 Å². The number of hydrogen-bond acceptors (Lipinski definition) is 3. The maximum atomic E-state index is 12.1. The first-order valence-electron chi connectivity index (χ1n) is 6.20. The second kappa shape index (κ2) is 4.51. The molecule has 0 aliphatic heterocycles. The van der Waals surface area contributed by atoms with Crippen LogP contribution in [0, 0.1) is 0 Å². The van der Waals surface area contributed by atoms with E-state index < -0.39 is 6.10 Å². The van der Waals surface area contributed by atoms with E-state index in [4.69, 9.17) is 0 Å². The Morgan fingerprint density at radius 1 is 1.47 bits per heavy atom. The number of amides is 1. The highest BCUT2D eigenvalue weighted by molar-refractivity contribution is 5.92. The third-order valence-corrected chi connectivity index (χ3v) is 3.43. The molecule has 98 valence electrons. The van der Waals surface area contributed by atoms with Gasteiger partial charge in [0.2, 0.25) is 0 Å². The van der Waals surface area contributed by atoms with Crippen LogP contribution in [0.15, 0.2) is 36.8 Å². The highest BCUT2D eigenvalue weighted by Gasteiger charge is 2.32. The molecule has 1 heterocycles. The summed E-state index contributed by atoms with van der Waals surface area (Å²) < 4.78 is 1.72. The minimum atomic E-state index is -0.579. The second-order valence-corrected chi connectivity index (χ2v) is 4.85. The number of carbonyl (C=O) groups excluding carboxylic acids is 1. The third kappa shape index (κ3) is 2.13. The second-order valence-electron chi connectivity index (χ2n) is 4.85. The number of aliphatic hydroxyl groups is 1. The van der Waals surface area contributed by atoms with Gasteiger partial charge in [-0.2, -0.15) is 0 Å². The van der Waals surface area contributed by atoms with Crippen LogP contribution >= 0.6 is 0 Å². The summed E-state index contributed by atoms with van der Waals surface area (Å²) in [4.78, 5) is 16.1. The SMILES string of the molecule is Cn1cnc(C(=O)NC2c3ccccc3CC2O)c1. The molecule has 1 aliphatic carbocycles. The number of benzene rings is 1. The molecule has 2 aromatic rings. The van der Waals surface area contributed by atoms with Crippen molar-refractivity contribution >= 4 is 5.91 Å². The van der Waals surface area contributed by atoms with Gasteiger partial charge in [0.1, 0.15) is 5.69 Å². The monoisotopic (exact) mass is 257 g/mol. The van der Waals surface area contributed by atoms with E-state index in [1.54, 1.807) is 17.1 Å². The summed E-state index contributed by atoms with van der Waals surface area (Å²) >= 11 is 0. The molecule has 0 saturated carbocycles. The number of rotatable bonds is 2. The summed E-state index contributed by atoms with van der Waals surface area (Å²) in [6, 6.07) is 7.41. The summed E-state index contributed by atoms with van der Waals surface area (Å²) in [7, 11) is 1.81. The zero-order valence-corrected chi connectivity index (χ0v) is 10.6. The molecular formula is C14H15N3O2. The average molecular weight is 257 g/mol. The van der Waals surface area contributed by atoms with Crippen molar-refractivity contribution < 1.29 is 9.90 Å². The molecule has 0 spiro atoms. The maximum absolute atomic E-state index is 12.1. The van der Waals surface area contributed by atoms with Gasteiger partial charge < -0.3 is 15.0 Å². The molecule has 0 fully saturated rings.